The number of halogens is 1. The fourth-order valence-corrected chi connectivity index (χ4v) is 3.71. The lowest BCUT2D eigenvalue weighted by atomic mass is 10.1. The van der Waals surface area contributed by atoms with Gasteiger partial charge in [-0.25, -0.2) is 4.39 Å². The van der Waals surface area contributed by atoms with E-state index in [2.05, 4.69) is 25.5 Å². The Labute approximate surface area is 160 Å². The molecule has 1 aromatic carbocycles. The average molecular weight is 372 g/mol. The van der Waals surface area contributed by atoms with Crippen LogP contribution < -0.4 is 10.6 Å². The monoisotopic (exact) mass is 371 g/mol. The molecule has 0 radical (unpaired) electrons. The third kappa shape index (κ3) is 5.01. The molecule has 2 aliphatic carbocycles. The maximum absolute atomic E-state index is 13.5. The predicted octanol–water partition coefficient (Wildman–Crippen LogP) is 2.89. The minimum absolute atomic E-state index is 0.194. The van der Waals surface area contributed by atoms with Gasteiger partial charge in [-0.2, -0.15) is 0 Å². The van der Waals surface area contributed by atoms with Crippen LogP contribution in [-0.4, -0.2) is 55.1 Å². The average Bonchev–Trinajstić information content (AvgIpc) is 3.58. The van der Waals surface area contributed by atoms with Crippen molar-refractivity contribution in [2.24, 2.45) is 10.9 Å². The molecule has 1 heterocycles. The molecule has 2 saturated carbocycles. The van der Waals surface area contributed by atoms with Crippen LogP contribution in [0, 0.1) is 11.7 Å². The number of aromatic nitrogens is 1. The summed E-state index contributed by atoms with van der Waals surface area (Å²) >= 11 is 0. The van der Waals surface area contributed by atoms with Gasteiger partial charge in [-0.05, 0) is 61.8 Å². The molecule has 27 heavy (non-hydrogen) atoms. The molecule has 0 aliphatic heterocycles. The van der Waals surface area contributed by atoms with E-state index in [0.29, 0.717) is 0 Å². The number of rotatable bonds is 9. The molecule has 6 heteroatoms. The molecule has 0 saturated heterocycles. The first-order valence-electron chi connectivity index (χ1n) is 10.2. The zero-order valence-electron chi connectivity index (χ0n) is 16.1. The summed E-state index contributed by atoms with van der Waals surface area (Å²) in [4.78, 5) is 10.2. The fourth-order valence-electron chi connectivity index (χ4n) is 3.71. The largest absolute Gasteiger partial charge is 0.361 e. The van der Waals surface area contributed by atoms with E-state index in [9.17, 15) is 4.39 Å². The number of hydrogen-bond acceptors (Lipinski definition) is 2. The Hall–Kier alpha value is -2.08. The number of fused-ring (bicyclic) bond motifs is 1. The van der Waals surface area contributed by atoms with Gasteiger partial charge in [0.1, 0.15) is 5.82 Å². The lowest BCUT2D eigenvalue weighted by Gasteiger charge is -2.22. The molecule has 3 N–H and O–H groups in total. The van der Waals surface area contributed by atoms with Gasteiger partial charge >= 0.3 is 0 Å². The van der Waals surface area contributed by atoms with Crippen molar-refractivity contribution in [3.63, 3.8) is 0 Å². The van der Waals surface area contributed by atoms with E-state index >= 15 is 0 Å². The van der Waals surface area contributed by atoms with E-state index < -0.39 is 0 Å². The first kappa shape index (κ1) is 18.3. The number of benzene rings is 1. The topological polar surface area (TPSA) is 55.5 Å². The zero-order valence-corrected chi connectivity index (χ0v) is 16.1. The summed E-state index contributed by atoms with van der Waals surface area (Å²) in [5, 5.41) is 7.76. The molecule has 0 unspecified atom stereocenters. The summed E-state index contributed by atoms with van der Waals surface area (Å²) in [7, 11) is 1.80. The summed E-state index contributed by atoms with van der Waals surface area (Å²) in [5.74, 6) is 1.59. The Bertz CT molecular complexity index is 791. The summed E-state index contributed by atoms with van der Waals surface area (Å²) in [6.45, 7) is 4.04. The number of aromatic amines is 1. The first-order chi connectivity index (χ1) is 13.2. The molecule has 4 rings (SSSR count). The van der Waals surface area contributed by atoms with Gasteiger partial charge in [0.2, 0.25) is 0 Å². The second-order valence-electron chi connectivity index (χ2n) is 7.85. The summed E-state index contributed by atoms with van der Waals surface area (Å²) < 4.78 is 13.5. The smallest absolute Gasteiger partial charge is 0.191 e. The second-order valence-corrected chi connectivity index (χ2v) is 7.85. The molecular formula is C21H30FN5. The van der Waals surface area contributed by atoms with Crippen molar-refractivity contribution >= 4 is 16.9 Å². The number of guanidine groups is 1. The minimum Gasteiger partial charge on any atom is -0.361 e. The Morgan fingerprint density at radius 3 is 2.78 bits per heavy atom. The maximum Gasteiger partial charge on any atom is 0.191 e. The summed E-state index contributed by atoms with van der Waals surface area (Å²) in [6.07, 6.45) is 8.35. The van der Waals surface area contributed by atoms with Crippen LogP contribution in [0.4, 0.5) is 4.39 Å². The van der Waals surface area contributed by atoms with E-state index in [1.807, 2.05) is 6.20 Å². The van der Waals surface area contributed by atoms with Crippen molar-refractivity contribution in [1.82, 2.24) is 20.5 Å². The van der Waals surface area contributed by atoms with Crippen molar-refractivity contribution in [3.05, 3.63) is 35.8 Å². The maximum atomic E-state index is 13.5. The van der Waals surface area contributed by atoms with Crippen molar-refractivity contribution in [3.8, 4) is 0 Å². The molecule has 0 bridgehead atoms. The van der Waals surface area contributed by atoms with Gasteiger partial charge < -0.3 is 15.6 Å². The van der Waals surface area contributed by atoms with E-state index in [1.165, 1.54) is 38.3 Å². The number of hydrogen-bond donors (Lipinski definition) is 3. The van der Waals surface area contributed by atoms with Crippen LogP contribution in [0.15, 0.2) is 29.4 Å². The normalized spacial score (nSPS) is 17.7. The summed E-state index contributed by atoms with van der Waals surface area (Å²) in [6, 6.07) is 5.70. The van der Waals surface area contributed by atoms with Crippen molar-refractivity contribution in [2.45, 2.75) is 38.1 Å². The van der Waals surface area contributed by atoms with Crippen LogP contribution in [0.2, 0.25) is 0 Å². The molecule has 2 aliphatic rings. The lowest BCUT2D eigenvalue weighted by Crippen LogP contribution is -2.43. The molecule has 0 amide bonds. The van der Waals surface area contributed by atoms with Crippen LogP contribution in [-0.2, 0) is 6.42 Å². The quantitative estimate of drug-likeness (QED) is 0.469. The van der Waals surface area contributed by atoms with Gasteiger partial charge in [0.05, 0.1) is 0 Å². The molecular weight excluding hydrogens is 341 g/mol. The number of nitrogens with one attached hydrogen (secondary N) is 3. The standard InChI is InChI=1S/C21H30FN5/c1-23-21(25-10-11-27(18-5-6-18)14-15-2-3-15)24-9-8-16-13-26-20-7-4-17(22)12-19(16)20/h4,7,12-13,15,18,26H,2-3,5-6,8-11,14H2,1H3,(H2,23,24,25). The van der Waals surface area contributed by atoms with Gasteiger partial charge in [0, 0.05) is 56.4 Å². The van der Waals surface area contributed by atoms with Crippen molar-refractivity contribution in [1.29, 1.82) is 0 Å². The zero-order chi connectivity index (χ0) is 18.6. The van der Waals surface area contributed by atoms with E-state index in [-0.39, 0.29) is 5.82 Å². The Balaban J connectivity index is 1.21. The molecule has 2 aromatic rings. The predicted molar refractivity (Wildman–Crippen MR) is 109 cm³/mol. The van der Waals surface area contributed by atoms with Gasteiger partial charge in [0.15, 0.2) is 5.96 Å². The van der Waals surface area contributed by atoms with Crippen LogP contribution in [0.3, 0.4) is 0 Å². The van der Waals surface area contributed by atoms with E-state index in [4.69, 9.17) is 0 Å². The highest BCUT2D eigenvalue weighted by molar-refractivity contribution is 5.83. The van der Waals surface area contributed by atoms with Gasteiger partial charge in [-0.15, -0.1) is 0 Å². The van der Waals surface area contributed by atoms with Crippen LogP contribution >= 0.6 is 0 Å². The molecule has 2 fully saturated rings. The van der Waals surface area contributed by atoms with Crippen molar-refractivity contribution < 1.29 is 4.39 Å². The Morgan fingerprint density at radius 1 is 1.22 bits per heavy atom. The van der Waals surface area contributed by atoms with E-state index in [1.54, 1.807) is 19.2 Å². The first-order valence-corrected chi connectivity index (χ1v) is 10.2. The molecule has 1 aromatic heterocycles. The highest BCUT2D eigenvalue weighted by Gasteiger charge is 2.33. The van der Waals surface area contributed by atoms with Gasteiger partial charge in [-0.1, -0.05) is 0 Å². The molecule has 146 valence electrons. The minimum atomic E-state index is -0.194. The fraction of sp³-hybridized carbons (Fsp3) is 0.571. The second kappa shape index (κ2) is 8.30. The third-order valence-electron chi connectivity index (χ3n) is 5.58. The highest BCUT2D eigenvalue weighted by Crippen LogP contribution is 2.34. The highest BCUT2D eigenvalue weighted by atomic mass is 19.1. The molecule has 0 spiro atoms. The number of aliphatic imine (C=N–C) groups is 1. The summed E-state index contributed by atoms with van der Waals surface area (Å²) in [5.41, 5.74) is 2.10. The molecule has 5 nitrogen and oxygen atoms in total. The third-order valence-corrected chi connectivity index (χ3v) is 5.58. The number of nitrogens with zero attached hydrogens (tertiary/aromatic N) is 2. The van der Waals surface area contributed by atoms with Crippen LogP contribution in [0.5, 0.6) is 0 Å². The van der Waals surface area contributed by atoms with Crippen LogP contribution in [0.1, 0.15) is 31.2 Å². The Kier molecular flexibility index (Phi) is 5.62. The van der Waals surface area contributed by atoms with E-state index in [0.717, 1.165) is 60.4 Å². The van der Waals surface area contributed by atoms with Crippen molar-refractivity contribution in [2.75, 3.05) is 33.2 Å². The van der Waals surface area contributed by atoms with Gasteiger partial charge in [0.25, 0.3) is 0 Å². The Morgan fingerprint density at radius 2 is 2.04 bits per heavy atom. The van der Waals surface area contributed by atoms with Crippen LogP contribution in [0.25, 0.3) is 10.9 Å². The SMILES string of the molecule is CN=C(NCCc1c[nH]c2ccc(F)cc12)NCCN(CC1CC1)C1CC1. The number of H-pyrrole nitrogens is 1. The molecule has 0 atom stereocenters. The van der Waals surface area contributed by atoms with Gasteiger partial charge in [-0.3, -0.25) is 9.89 Å². The lowest BCUT2D eigenvalue weighted by molar-refractivity contribution is 0.256.